The molecule has 0 atom stereocenters. The monoisotopic (exact) mass is 338 g/mol. The number of carbonyl (C=O) groups is 1. The molecule has 4 heteroatoms. The first kappa shape index (κ1) is 17.2. The van der Waals surface area contributed by atoms with Gasteiger partial charge in [0, 0.05) is 29.2 Å². The molecule has 0 saturated carbocycles. The maximum absolute atomic E-state index is 13.2. The second kappa shape index (κ2) is 6.71. The number of H-pyrrole nitrogens is 1. The average molecular weight is 338 g/mol. The van der Waals surface area contributed by atoms with Crippen LogP contribution in [-0.4, -0.2) is 17.4 Å². The largest absolute Gasteiger partial charge is 0.361 e. The number of carbonyl (C=O) groups excluding carboxylic acids is 1. The number of rotatable bonds is 4. The highest BCUT2D eigenvalue weighted by atomic mass is 19.1. The van der Waals surface area contributed by atoms with Gasteiger partial charge in [-0.1, -0.05) is 32.9 Å². The Morgan fingerprint density at radius 3 is 2.52 bits per heavy atom. The maximum Gasteiger partial charge on any atom is 0.251 e. The molecule has 130 valence electrons. The van der Waals surface area contributed by atoms with Gasteiger partial charge in [0.15, 0.2) is 0 Å². The van der Waals surface area contributed by atoms with E-state index in [4.69, 9.17) is 0 Å². The molecular formula is C21H23FN2O. The quantitative estimate of drug-likeness (QED) is 0.719. The number of fused-ring (bicyclic) bond motifs is 1. The van der Waals surface area contributed by atoms with Crippen molar-refractivity contribution < 1.29 is 9.18 Å². The van der Waals surface area contributed by atoms with Crippen molar-refractivity contribution in [3.05, 3.63) is 71.2 Å². The first-order valence-electron chi connectivity index (χ1n) is 8.49. The Morgan fingerprint density at radius 2 is 1.84 bits per heavy atom. The van der Waals surface area contributed by atoms with E-state index in [1.807, 2.05) is 30.5 Å². The molecule has 2 N–H and O–H groups in total. The van der Waals surface area contributed by atoms with E-state index in [9.17, 15) is 9.18 Å². The Kier molecular flexibility index (Phi) is 4.62. The third-order valence-electron chi connectivity index (χ3n) is 4.42. The number of amides is 1. The van der Waals surface area contributed by atoms with Crippen LogP contribution in [0.15, 0.2) is 48.7 Å². The molecule has 1 amide bonds. The molecule has 0 bridgehead atoms. The summed E-state index contributed by atoms with van der Waals surface area (Å²) in [6.07, 6.45) is 2.56. The van der Waals surface area contributed by atoms with Crippen molar-refractivity contribution in [3.8, 4) is 0 Å². The average Bonchev–Trinajstić information content (AvgIpc) is 2.96. The molecule has 3 nitrogen and oxygen atoms in total. The van der Waals surface area contributed by atoms with Crippen LogP contribution >= 0.6 is 0 Å². The Morgan fingerprint density at radius 1 is 1.12 bits per heavy atom. The van der Waals surface area contributed by atoms with Gasteiger partial charge in [-0.25, -0.2) is 4.39 Å². The SMILES string of the molecule is CC(C)(C)c1ccc(C(=O)NCCc2c[nH]c3cc(F)ccc23)cc1. The van der Waals surface area contributed by atoms with Gasteiger partial charge in [0.1, 0.15) is 5.82 Å². The number of halogens is 1. The van der Waals surface area contributed by atoms with Gasteiger partial charge in [-0.2, -0.15) is 0 Å². The maximum atomic E-state index is 13.2. The predicted octanol–water partition coefficient (Wildman–Crippen LogP) is 4.58. The van der Waals surface area contributed by atoms with Gasteiger partial charge in [-0.3, -0.25) is 4.79 Å². The van der Waals surface area contributed by atoms with Gasteiger partial charge in [-0.05, 0) is 53.3 Å². The molecule has 3 aromatic rings. The van der Waals surface area contributed by atoms with Crippen LogP contribution in [0.1, 0.15) is 42.3 Å². The fourth-order valence-corrected chi connectivity index (χ4v) is 2.90. The third-order valence-corrected chi connectivity index (χ3v) is 4.42. The van der Waals surface area contributed by atoms with E-state index in [1.165, 1.54) is 17.7 Å². The molecular weight excluding hydrogens is 315 g/mol. The molecule has 25 heavy (non-hydrogen) atoms. The molecule has 0 aliphatic carbocycles. The number of hydrogen-bond acceptors (Lipinski definition) is 1. The molecule has 1 heterocycles. The van der Waals surface area contributed by atoms with E-state index < -0.39 is 0 Å². The highest BCUT2D eigenvalue weighted by Crippen LogP contribution is 2.22. The van der Waals surface area contributed by atoms with Crippen LogP contribution in [0.3, 0.4) is 0 Å². The van der Waals surface area contributed by atoms with Crippen LogP contribution in [0.25, 0.3) is 10.9 Å². The zero-order valence-corrected chi connectivity index (χ0v) is 14.8. The summed E-state index contributed by atoms with van der Waals surface area (Å²) >= 11 is 0. The Balaban J connectivity index is 1.60. The molecule has 3 rings (SSSR count). The van der Waals surface area contributed by atoms with E-state index in [-0.39, 0.29) is 17.1 Å². The summed E-state index contributed by atoms with van der Waals surface area (Å²) < 4.78 is 13.2. The van der Waals surface area contributed by atoms with E-state index in [0.717, 1.165) is 16.5 Å². The number of hydrogen-bond donors (Lipinski definition) is 2. The van der Waals surface area contributed by atoms with E-state index in [2.05, 4.69) is 31.1 Å². The summed E-state index contributed by atoms with van der Waals surface area (Å²) in [5.41, 5.74) is 3.78. The normalized spacial score (nSPS) is 11.7. The highest BCUT2D eigenvalue weighted by molar-refractivity contribution is 5.94. The molecule has 0 radical (unpaired) electrons. The zero-order valence-electron chi connectivity index (χ0n) is 14.8. The van der Waals surface area contributed by atoms with Gasteiger partial charge >= 0.3 is 0 Å². The van der Waals surface area contributed by atoms with Crippen molar-refractivity contribution in [2.24, 2.45) is 0 Å². The minimum atomic E-state index is -0.257. The van der Waals surface area contributed by atoms with Crippen molar-refractivity contribution in [1.82, 2.24) is 10.3 Å². The lowest BCUT2D eigenvalue weighted by atomic mass is 9.87. The van der Waals surface area contributed by atoms with Gasteiger partial charge < -0.3 is 10.3 Å². The second-order valence-electron chi connectivity index (χ2n) is 7.34. The summed E-state index contributed by atoms with van der Waals surface area (Å²) in [6.45, 7) is 6.98. The van der Waals surface area contributed by atoms with Crippen molar-refractivity contribution in [2.45, 2.75) is 32.6 Å². The number of nitrogens with one attached hydrogen (secondary N) is 2. The second-order valence-corrected chi connectivity index (χ2v) is 7.34. The lowest BCUT2D eigenvalue weighted by molar-refractivity contribution is 0.0954. The van der Waals surface area contributed by atoms with Crippen molar-refractivity contribution in [3.63, 3.8) is 0 Å². The topological polar surface area (TPSA) is 44.9 Å². The molecule has 0 unspecified atom stereocenters. The minimum Gasteiger partial charge on any atom is -0.361 e. The summed E-state index contributed by atoms with van der Waals surface area (Å²) in [7, 11) is 0. The summed E-state index contributed by atoms with van der Waals surface area (Å²) in [5, 5.41) is 3.94. The van der Waals surface area contributed by atoms with E-state index >= 15 is 0 Å². The van der Waals surface area contributed by atoms with Gasteiger partial charge in [0.2, 0.25) is 0 Å². The van der Waals surface area contributed by atoms with Crippen molar-refractivity contribution in [1.29, 1.82) is 0 Å². The van der Waals surface area contributed by atoms with Crippen LogP contribution < -0.4 is 5.32 Å². The summed E-state index contributed by atoms with van der Waals surface area (Å²) in [4.78, 5) is 15.3. The first-order valence-corrected chi connectivity index (χ1v) is 8.49. The minimum absolute atomic E-state index is 0.0732. The first-order chi connectivity index (χ1) is 11.8. The summed E-state index contributed by atoms with van der Waals surface area (Å²) in [5.74, 6) is -0.334. The Labute approximate surface area is 147 Å². The Bertz CT molecular complexity index is 888. The highest BCUT2D eigenvalue weighted by Gasteiger charge is 2.14. The van der Waals surface area contributed by atoms with Crippen LogP contribution in [0.2, 0.25) is 0 Å². The van der Waals surface area contributed by atoms with Crippen molar-refractivity contribution in [2.75, 3.05) is 6.54 Å². The van der Waals surface area contributed by atoms with Gasteiger partial charge in [-0.15, -0.1) is 0 Å². The summed E-state index contributed by atoms with van der Waals surface area (Å²) in [6, 6.07) is 12.4. The van der Waals surface area contributed by atoms with Gasteiger partial charge in [0.25, 0.3) is 5.91 Å². The van der Waals surface area contributed by atoms with Crippen LogP contribution in [-0.2, 0) is 11.8 Å². The number of benzene rings is 2. The Hall–Kier alpha value is -2.62. The molecule has 2 aromatic carbocycles. The van der Waals surface area contributed by atoms with Gasteiger partial charge in [0.05, 0.1) is 0 Å². The molecule has 1 aromatic heterocycles. The fourth-order valence-electron chi connectivity index (χ4n) is 2.90. The molecule has 0 saturated heterocycles. The zero-order chi connectivity index (χ0) is 18.0. The molecule has 0 aliphatic heterocycles. The molecule has 0 aliphatic rings. The molecule has 0 fully saturated rings. The standard InChI is InChI=1S/C21H23FN2O/c1-21(2,3)16-6-4-14(5-7-16)20(25)23-11-10-15-13-24-19-12-17(22)8-9-18(15)19/h4-9,12-13,24H,10-11H2,1-3H3,(H,23,25). The van der Waals surface area contributed by atoms with Crippen LogP contribution in [0.5, 0.6) is 0 Å². The molecule has 0 spiro atoms. The number of aromatic amines is 1. The van der Waals surface area contributed by atoms with Crippen LogP contribution in [0.4, 0.5) is 4.39 Å². The lowest BCUT2D eigenvalue weighted by Gasteiger charge is -2.19. The predicted molar refractivity (Wildman–Crippen MR) is 99.4 cm³/mol. The lowest BCUT2D eigenvalue weighted by Crippen LogP contribution is -2.25. The van der Waals surface area contributed by atoms with Crippen molar-refractivity contribution >= 4 is 16.8 Å². The van der Waals surface area contributed by atoms with E-state index in [1.54, 1.807) is 6.07 Å². The van der Waals surface area contributed by atoms with E-state index in [0.29, 0.717) is 18.5 Å². The third kappa shape index (κ3) is 3.90. The van der Waals surface area contributed by atoms with Crippen LogP contribution in [0, 0.1) is 5.82 Å². The smallest absolute Gasteiger partial charge is 0.251 e. The fraction of sp³-hybridized carbons (Fsp3) is 0.286. The number of aromatic nitrogens is 1.